The van der Waals surface area contributed by atoms with E-state index in [4.69, 9.17) is 5.11 Å². The summed E-state index contributed by atoms with van der Waals surface area (Å²) in [6.07, 6.45) is 5.05. The van der Waals surface area contributed by atoms with Crippen molar-refractivity contribution in [2.75, 3.05) is 11.4 Å². The molecule has 3 heteroatoms. The second kappa shape index (κ2) is 5.21. The summed E-state index contributed by atoms with van der Waals surface area (Å²) in [7, 11) is 0. The molecule has 1 aliphatic rings. The highest BCUT2D eigenvalue weighted by molar-refractivity contribution is 5.88. The Hall–Kier alpha value is -1.51. The summed E-state index contributed by atoms with van der Waals surface area (Å²) in [5, 5.41) is 8.87. The number of hydrogen-bond donors (Lipinski definition) is 1. The van der Waals surface area contributed by atoms with E-state index >= 15 is 0 Å². The quantitative estimate of drug-likeness (QED) is 0.853. The highest BCUT2D eigenvalue weighted by Crippen LogP contribution is 2.24. The van der Waals surface area contributed by atoms with Gasteiger partial charge in [-0.1, -0.05) is 12.8 Å². The van der Waals surface area contributed by atoms with E-state index < -0.39 is 5.97 Å². The van der Waals surface area contributed by atoms with Gasteiger partial charge in [-0.25, -0.2) is 4.79 Å². The normalized spacial score (nSPS) is 21.0. The number of carbonyl (C=O) groups is 1. The number of nitrogens with zero attached hydrogens (tertiary/aromatic N) is 1. The topological polar surface area (TPSA) is 40.5 Å². The van der Waals surface area contributed by atoms with Crippen LogP contribution in [0.1, 0.15) is 43.0 Å². The molecule has 0 amide bonds. The molecule has 0 aromatic heterocycles. The first kappa shape index (κ1) is 12.0. The molecule has 17 heavy (non-hydrogen) atoms. The van der Waals surface area contributed by atoms with Gasteiger partial charge in [-0.15, -0.1) is 0 Å². The van der Waals surface area contributed by atoms with Crippen LogP contribution in [0.4, 0.5) is 5.69 Å². The molecule has 1 aliphatic heterocycles. The Morgan fingerprint density at radius 2 is 1.94 bits per heavy atom. The van der Waals surface area contributed by atoms with Gasteiger partial charge in [0.15, 0.2) is 0 Å². The van der Waals surface area contributed by atoms with Gasteiger partial charge in [-0.2, -0.15) is 0 Å². The van der Waals surface area contributed by atoms with Crippen molar-refractivity contribution in [3.8, 4) is 0 Å². The summed E-state index contributed by atoms with van der Waals surface area (Å²) in [6.45, 7) is 3.32. The molecule has 0 aliphatic carbocycles. The lowest BCUT2D eigenvalue weighted by molar-refractivity contribution is 0.0697. The predicted octanol–water partition coefficient (Wildman–Crippen LogP) is 3.15. The van der Waals surface area contributed by atoms with Crippen molar-refractivity contribution in [2.24, 2.45) is 0 Å². The zero-order valence-corrected chi connectivity index (χ0v) is 10.2. The van der Waals surface area contributed by atoms with Crippen LogP contribution in [-0.4, -0.2) is 23.7 Å². The first-order chi connectivity index (χ1) is 8.18. The monoisotopic (exact) mass is 233 g/mol. The zero-order chi connectivity index (χ0) is 12.3. The van der Waals surface area contributed by atoms with Crippen LogP contribution in [-0.2, 0) is 0 Å². The second-order valence-corrected chi connectivity index (χ2v) is 4.74. The van der Waals surface area contributed by atoms with Crippen LogP contribution in [0, 0.1) is 0 Å². The molecule has 3 nitrogen and oxygen atoms in total. The highest BCUT2D eigenvalue weighted by atomic mass is 16.4. The van der Waals surface area contributed by atoms with Gasteiger partial charge >= 0.3 is 5.97 Å². The van der Waals surface area contributed by atoms with Crippen LogP contribution in [0.15, 0.2) is 24.3 Å². The third kappa shape index (κ3) is 2.78. The van der Waals surface area contributed by atoms with Crippen molar-refractivity contribution < 1.29 is 9.90 Å². The van der Waals surface area contributed by atoms with Crippen molar-refractivity contribution in [1.82, 2.24) is 0 Å². The van der Waals surface area contributed by atoms with Gasteiger partial charge in [-0.05, 0) is 44.0 Å². The molecule has 1 atom stereocenters. The molecule has 2 rings (SSSR count). The van der Waals surface area contributed by atoms with E-state index in [9.17, 15) is 4.79 Å². The van der Waals surface area contributed by atoms with Crippen molar-refractivity contribution in [2.45, 2.75) is 38.6 Å². The predicted molar refractivity (Wildman–Crippen MR) is 68.7 cm³/mol. The third-order valence-corrected chi connectivity index (χ3v) is 3.50. The SMILES string of the molecule is CC1CCCCCN1c1ccc(C(=O)O)cc1. The zero-order valence-electron chi connectivity index (χ0n) is 10.2. The Balaban J connectivity index is 2.17. The fourth-order valence-electron chi connectivity index (χ4n) is 2.45. The van der Waals surface area contributed by atoms with Gasteiger partial charge in [-0.3, -0.25) is 0 Å². The summed E-state index contributed by atoms with van der Waals surface area (Å²) < 4.78 is 0. The van der Waals surface area contributed by atoms with Gasteiger partial charge in [0.1, 0.15) is 0 Å². The van der Waals surface area contributed by atoms with Crippen LogP contribution in [0.2, 0.25) is 0 Å². The van der Waals surface area contributed by atoms with Gasteiger partial charge in [0.2, 0.25) is 0 Å². The van der Waals surface area contributed by atoms with Gasteiger partial charge in [0, 0.05) is 18.3 Å². The largest absolute Gasteiger partial charge is 0.478 e. The third-order valence-electron chi connectivity index (χ3n) is 3.50. The smallest absolute Gasteiger partial charge is 0.335 e. The minimum absolute atomic E-state index is 0.358. The van der Waals surface area contributed by atoms with Crippen LogP contribution in [0.3, 0.4) is 0 Å². The average molecular weight is 233 g/mol. The number of benzene rings is 1. The molecule has 0 radical (unpaired) electrons. The summed E-state index contributed by atoms with van der Waals surface area (Å²) >= 11 is 0. The molecule has 0 spiro atoms. The van der Waals surface area contributed by atoms with Crippen molar-refractivity contribution in [3.63, 3.8) is 0 Å². The van der Waals surface area contributed by atoms with E-state index in [1.807, 2.05) is 12.1 Å². The minimum atomic E-state index is -0.861. The lowest BCUT2D eigenvalue weighted by Gasteiger charge is -2.29. The fourth-order valence-corrected chi connectivity index (χ4v) is 2.45. The van der Waals surface area contributed by atoms with Gasteiger partial charge < -0.3 is 10.0 Å². The van der Waals surface area contributed by atoms with Crippen molar-refractivity contribution in [3.05, 3.63) is 29.8 Å². The van der Waals surface area contributed by atoms with Gasteiger partial charge in [0.05, 0.1) is 5.56 Å². The Morgan fingerprint density at radius 1 is 1.24 bits per heavy atom. The number of hydrogen-bond acceptors (Lipinski definition) is 2. The van der Waals surface area contributed by atoms with Crippen LogP contribution in [0.5, 0.6) is 0 Å². The number of carboxylic acid groups (broad SMARTS) is 1. The first-order valence-corrected chi connectivity index (χ1v) is 6.28. The Bertz CT molecular complexity index is 386. The summed E-state index contributed by atoms with van der Waals surface area (Å²) in [5.41, 5.74) is 1.50. The molecule has 1 heterocycles. The molecule has 92 valence electrons. The second-order valence-electron chi connectivity index (χ2n) is 4.74. The molecule has 1 aromatic carbocycles. The summed E-state index contributed by atoms with van der Waals surface area (Å²) in [4.78, 5) is 13.2. The molecule has 1 saturated heterocycles. The summed E-state index contributed by atoms with van der Waals surface area (Å²) in [6, 6.07) is 7.77. The maximum absolute atomic E-state index is 10.8. The summed E-state index contributed by atoms with van der Waals surface area (Å²) in [5.74, 6) is -0.861. The van der Waals surface area contributed by atoms with E-state index in [2.05, 4.69) is 11.8 Å². The number of carboxylic acids is 1. The van der Waals surface area contributed by atoms with Crippen molar-refractivity contribution >= 4 is 11.7 Å². The van der Waals surface area contributed by atoms with Crippen LogP contribution < -0.4 is 4.90 Å². The molecule has 1 aromatic rings. The minimum Gasteiger partial charge on any atom is -0.478 e. The standard InChI is InChI=1S/C14H19NO2/c1-11-5-3-2-4-10-15(11)13-8-6-12(7-9-13)14(16)17/h6-9,11H,2-5,10H2,1H3,(H,16,17). The molecule has 0 saturated carbocycles. The van der Waals surface area contributed by atoms with Gasteiger partial charge in [0.25, 0.3) is 0 Å². The fraction of sp³-hybridized carbons (Fsp3) is 0.500. The van der Waals surface area contributed by atoms with E-state index in [1.54, 1.807) is 12.1 Å². The van der Waals surface area contributed by atoms with E-state index in [0.29, 0.717) is 11.6 Å². The van der Waals surface area contributed by atoms with Crippen LogP contribution >= 0.6 is 0 Å². The molecule has 0 bridgehead atoms. The Kier molecular flexibility index (Phi) is 3.67. The lowest BCUT2D eigenvalue weighted by Crippen LogP contribution is -2.32. The molecule has 1 N–H and O–H groups in total. The number of aromatic carboxylic acids is 1. The average Bonchev–Trinajstić information content (AvgIpc) is 2.54. The van der Waals surface area contributed by atoms with Crippen molar-refractivity contribution in [1.29, 1.82) is 0 Å². The highest BCUT2D eigenvalue weighted by Gasteiger charge is 2.17. The van der Waals surface area contributed by atoms with E-state index in [1.165, 1.54) is 25.7 Å². The Morgan fingerprint density at radius 3 is 2.59 bits per heavy atom. The number of rotatable bonds is 2. The maximum atomic E-state index is 10.8. The van der Waals surface area contributed by atoms with E-state index in [0.717, 1.165) is 12.2 Å². The maximum Gasteiger partial charge on any atom is 0.335 e. The van der Waals surface area contributed by atoms with Crippen LogP contribution in [0.25, 0.3) is 0 Å². The lowest BCUT2D eigenvalue weighted by atomic mass is 10.1. The molecule has 1 fully saturated rings. The molecular formula is C14H19NO2. The number of anilines is 1. The first-order valence-electron chi connectivity index (χ1n) is 6.28. The molecular weight excluding hydrogens is 214 g/mol. The van der Waals surface area contributed by atoms with E-state index in [-0.39, 0.29) is 0 Å². The Labute approximate surface area is 102 Å². The molecule has 1 unspecified atom stereocenters.